The van der Waals surface area contributed by atoms with Crippen LogP contribution in [0.2, 0.25) is 0 Å². The van der Waals surface area contributed by atoms with Crippen LogP contribution in [0.15, 0.2) is 48.6 Å². The number of rotatable bonds is 2. The minimum atomic E-state index is 0.123. The molecule has 4 aliphatic rings. The average molecular weight is 430 g/mol. The minimum Gasteiger partial charge on any atom is -0.367 e. The Morgan fingerprint density at radius 1 is 1.00 bits per heavy atom. The van der Waals surface area contributed by atoms with Gasteiger partial charge in [-0.2, -0.15) is 0 Å². The number of hydrogen-bond donors (Lipinski definition) is 1. The molecule has 32 heavy (non-hydrogen) atoms. The van der Waals surface area contributed by atoms with Crippen molar-refractivity contribution in [2.75, 3.05) is 12.4 Å². The van der Waals surface area contributed by atoms with E-state index in [1.165, 1.54) is 37.5 Å². The van der Waals surface area contributed by atoms with Gasteiger partial charge in [0.25, 0.3) is 0 Å². The van der Waals surface area contributed by atoms with Crippen LogP contribution in [0.25, 0.3) is 10.9 Å². The van der Waals surface area contributed by atoms with Crippen LogP contribution in [-0.2, 0) is 4.79 Å². The Bertz CT molecular complexity index is 1100. The van der Waals surface area contributed by atoms with E-state index in [0.29, 0.717) is 23.4 Å². The lowest BCUT2D eigenvalue weighted by Crippen LogP contribution is -2.60. The van der Waals surface area contributed by atoms with Gasteiger partial charge < -0.3 is 10.2 Å². The van der Waals surface area contributed by atoms with Crippen molar-refractivity contribution in [2.45, 2.75) is 64.5 Å². The number of benzene rings is 1. The zero-order valence-electron chi connectivity index (χ0n) is 19.6. The number of fused-ring (bicyclic) bond motifs is 6. The summed E-state index contributed by atoms with van der Waals surface area (Å²) < 4.78 is 0. The Morgan fingerprint density at radius 2 is 1.84 bits per heavy atom. The number of aromatic nitrogens is 1. The highest BCUT2D eigenvalue weighted by molar-refractivity contribution is 5.89. The van der Waals surface area contributed by atoms with Crippen LogP contribution in [0.5, 0.6) is 0 Å². The summed E-state index contributed by atoms with van der Waals surface area (Å²) in [4.78, 5) is 19.2. The van der Waals surface area contributed by atoms with Gasteiger partial charge in [0.2, 0.25) is 5.91 Å². The summed E-state index contributed by atoms with van der Waals surface area (Å²) in [5, 5.41) is 5.07. The summed E-state index contributed by atoms with van der Waals surface area (Å²) in [6.45, 7) is 4.97. The van der Waals surface area contributed by atoms with Crippen LogP contribution in [0.1, 0.15) is 52.4 Å². The monoisotopic (exact) mass is 429 g/mol. The van der Waals surface area contributed by atoms with Crippen molar-refractivity contribution in [2.24, 2.45) is 28.6 Å². The van der Waals surface area contributed by atoms with E-state index in [9.17, 15) is 4.79 Å². The molecule has 7 atom stereocenters. The second kappa shape index (κ2) is 7.07. The second-order valence-electron chi connectivity index (χ2n) is 11.3. The number of likely N-dealkylation sites (N-methyl/N-ethyl adjacent to an activating group) is 1. The average Bonchev–Trinajstić information content (AvgIpc) is 3.13. The highest BCUT2D eigenvalue weighted by Crippen LogP contribution is 2.64. The first-order valence-electron chi connectivity index (χ1n) is 12.5. The van der Waals surface area contributed by atoms with Gasteiger partial charge in [0, 0.05) is 29.9 Å². The Hall–Kier alpha value is -2.36. The number of nitrogens with one attached hydrogen (secondary N) is 1. The van der Waals surface area contributed by atoms with Crippen LogP contribution in [0, 0.1) is 28.6 Å². The molecule has 6 rings (SSSR count). The zero-order valence-corrected chi connectivity index (χ0v) is 19.6. The largest absolute Gasteiger partial charge is 0.367 e. The standard InChI is InChI=1S/C28H35N3O/c1-27-16-14-21-19(9-12-24-28(21,2)17-15-26(32)31(24)3)20(27)10-11-23(27)30-25-13-8-18-6-4-5-7-22(18)29-25/h4-8,13,15,17,19-21,23-24H,9-12,14,16H2,1-3H3,(H,29,30)/t19-,20-,21-,23-,24+,27-,28+/m0/s1. The number of amides is 1. The van der Waals surface area contributed by atoms with E-state index in [4.69, 9.17) is 4.98 Å². The Morgan fingerprint density at radius 3 is 2.72 bits per heavy atom. The molecule has 1 aliphatic heterocycles. The fraction of sp³-hybridized carbons (Fsp3) is 0.571. The fourth-order valence-corrected chi connectivity index (χ4v) is 8.30. The first-order chi connectivity index (χ1) is 15.4. The molecule has 1 amide bonds. The van der Waals surface area contributed by atoms with Crippen LogP contribution < -0.4 is 5.32 Å². The molecule has 3 aliphatic carbocycles. The SMILES string of the molecule is CN1C(=O)C=C[C@]2(C)[C@H]3CC[C@]4(C)[C@@H](Nc5ccc6ccccc6n5)CC[C@H]4[C@@H]3CC[C@@H]12. The highest BCUT2D eigenvalue weighted by atomic mass is 16.2. The van der Waals surface area contributed by atoms with Gasteiger partial charge >= 0.3 is 0 Å². The summed E-state index contributed by atoms with van der Waals surface area (Å²) in [6, 6.07) is 13.5. The lowest BCUT2D eigenvalue weighted by molar-refractivity contribution is -0.138. The molecule has 3 fully saturated rings. The number of pyridine rings is 1. The Balaban J connectivity index is 1.26. The van der Waals surface area contributed by atoms with E-state index in [2.05, 4.69) is 61.6 Å². The highest BCUT2D eigenvalue weighted by Gasteiger charge is 2.60. The summed E-state index contributed by atoms with van der Waals surface area (Å²) in [6.07, 6.45) is 11.6. The lowest BCUT2D eigenvalue weighted by atomic mass is 9.48. The molecule has 0 radical (unpaired) electrons. The molecule has 3 saturated carbocycles. The number of carbonyl (C=O) groups is 1. The smallest absolute Gasteiger partial charge is 0.246 e. The van der Waals surface area contributed by atoms with Crippen molar-refractivity contribution in [1.29, 1.82) is 0 Å². The lowest BCUT2D eigenvalue weighted by Gasteiger charge is -2.60. The zero-order chi connectivity index (χ0) is 22.1. The maximum absolute atomic E-state index is 12.3. The van der Waals surface area contributed by atoms with E-state index in [1.807, 2.05) is 18.0 Å². The van der Waals surface area contributed by atoms with E-state index < -0.39 is 0 Å². The Kier molecular flexibility index (Phi) is 4.48. The molecule has 4 heteroatoms. The summed E-state index contributed by atoms with van der Waals surface area (Å²) >= 11 is 0. The number of para-hydroxylation sites is 1. The molecule has 2 heterocycles. The topological polar surface area (TPSA) is 45.2 Å². The van der Waals surface area contributed by atoms with Crippen molar-refractivity contribution in [3.05, 3.63) is 48.6 Å². The molecule has 4 nitrogen and oxygen atoms in total. The van der Waals surface area contributed by atoms with Gasteiger partial charge in [0.05, 0.1) is 5.52 Å². The molecule has 1 aromatic carbocycles. The summed E-state index contributed by atoms with van der Waals surface area (Å²) in [5.41, 5.74) is 1.51. The minimum absolute atomic E-state index is 0.123. The van der Waals surface area contributed by atoms with Crippen LogP contribution in [0.4, 0.5) is 5.82 Å². The van der Waals surface area contributed by atoms with Crippen molar-refractivity contribution < 1.29 is 4.79 Å². The number of carbonyl (C=O) groups excluding carboxylic acids is 1. The predicted molar refractivity (Wildman–Crippen MR) is 129 cm³/mol. The maximum atomic E-state index is 12.3. The van der Waals surface area contributed by atoms with Crippen molar-refractivity contribution in [3.8, 4) is 0 Å². The van der Waals surface area contributed by atoms with E-state index >= 15 is 0 Å². The molecular weight excluding hydrogens is 394 g/mol. The van der Waals surface area contributed by atoms with E-state index in [1.54, 1.807) is 0 Å². The van der Waals surface area contributed by atoms with E-state index in [0.717, 1.165) is 29.6 Å². The van der Waals surface area contributed by atoms with Crippen molar-refractivity contribution in [1.82, 2.24) is 9.88 Å². The molecule has 2 aromatic rings. The molecule has 0 spiro atoms. The van der Waals surface area contributed by atoms with Crippen LogP contribution in [0.3, 0.4) is 0 Å². The predicted octanol–water partition coefficient (Wildman–Crippen LogP) is 5.65. The van der Waals surface area contributed by atoms with Gasteiger partial charge in [-0.15, -0.1) is 0 Å². The van der Waals surface area contributed by atoms with Crippen molar-refractivity contribution >= 4 is 22.6 Å². The number of anilines is 1. The summed E-state index contributed by atoms with van der Waals surface area (Å²) in [5.74, 6) is 3.40. The molecule has 0 saturated heterocycles. The third-order valence-corrected chi connectivity index (χ3v) is 10.0. The van der Waals surface area contributed by atoms with Crippen LogP contribution in [-0.4, -0.2) is 34.9 Å². The second-order valence-corrected chi connectivity index (χ2v) is 11.3. The molecule has 168 valence electrons. The molecule has 0 unspecified atom stereocenters. The molecule has 1 N–H and O–H groups in total. The number of nitrogens with zero attached hydrogens (tertiary/aromatic N) is 2. The molecule has 0 bridgehead atoms. The van der Waals surface area contributed by atoms with Gasteiger partial charge in [-0.1, -0.05) is 38.1 Å². The van der Waals surface area contributed by atoms with Gasteiger partial charge in [0.15, 0.2) is 0 Å². The summed E-state index contributed by atoms with van der Waals surface area (Å²) in [7, 11) is 2.01. The first-order valence-corrected chi connectivity index (χ1v) is 12.5. The molecular formula is C28H35N3O. The van der Waals surface area contributed by atoms with Gasteiger partial charge in [-0.05, 0) is 86.0 Å². The van der Waals surface area contributed by atoms with Gasteiger partial charge in [0.1, 0.15) is 5.82 Å². The molecule has 1 aromatic heterocycles. The van der Waals surface area contributed by atoms with Crippen LogP contribution >= 0.6 is 0 Å². The Labute approximate surface area is 191 Å². The number of hydrogen-bond acceptors (Lipinski definition) is 3. The third-order valence-electron chi connectivity index (χ3n) is 10.0. The quantitative estimate of drug-likeness (QED) is 0.670. The van der Waals surface area contributed by atoms with Gasteiger partial charge in [-0.3, -0.25) is 4.79 Å². The van der Waals surface area contributed by atoms with Crippen molar-refractivity contribution in [3.63, 3.8) is 0 Å². The van der Waals surface area contributed by atoms with Gasteiger partial charge in [-0.25, -0.2) is 4.98 Å². The third kappa shape index (κ3) is 2.80. The maximum Gasteiger partial charge on any atom is 0.246 e. The van der Waals surface area contributed by atoms with E-state index in [-0.39, 0.29) is 11.3 Å². The first kappa shape index (κ1) is 20.3. The normalized spacial score (nSPS) is 40.7. The fourth-order valence-electron chi connectivity index (χ4n) is 8.30.